The fourth-order valence-electron chi connectivity index (χ4n) is 4.54. The Hall–Kier alpha value is -3.41. The van der Waals surface area contributed by atoms with Gasteiger partial charge in [-0.15, -0.1) is 0 Å². The smallest absolute Gasteiger partial charge is 0.167 e. The molecule has 4 aromatic rings. The lowest BCUT2D eigenvalue weighted by Crippen LogP contribution is -2.29. The molecule has 7 nitrogen and oxygen atoms in total. The molecular formula is C25H21Cl2FN6O. The van der Waals surface area contributed by atoms with E-state index < -0.39 is 11.9 Å². The Labute approximate surface area is 211 Å². The molecule has 1 aromatic carbocycles. The lowest BCUT2D eigenvalue weighted by molar-refractivity contribution is 0.217. The van der Waals surface area contributed by atoms with Crippen LogP contribution in [0.5, 0.6) is 5.75 Å². The highest BCUT2D eigenvalue weighted by Crippen LogP contribution is 2.36. The van der Waals surface area contributed by atoms with E-state index in [4.69, 9.17) is 33.2 Å². The van der Waals surface area contributed by atoms with Crippen molar-refractivity contribution in [2.75, 3.05) is 11.4 Å². The number of nitrogens with zero attached hydrogens (tertiary/aromatic N) is 5. The topological polar surface area (TPSA) is 90.7 Å². The minimum atomic E-state index is -0.608. The number of nitrogens with one attached hydrogen (secondary N) is 1. The van der Waals surface area contributed by atoms with Crippen molar-refractivity contribution in [3.05, 3.63) is 64.3 Å². The van der Waals surface area contributed by atoms with Crippen LogP contribution in [0.2, 0.25) is 10.0 Å². The van der Waals surface area contributed by atoms with E-state index in [9.17, 15) is 4.39 Å². The average molecular weight is 511 g/mol. The molecule has 1 aliphatic heterocycles. The quantitative estimate of drug-likeness (QED) is 0.318. The third kappa shape index (κ3) is 4.49. The van der Waals surface area contributed by atoms with E-state index >= 15 is 0 Å². The second-order valence-corrected chi connectivity index (χ2v) is 9.25. The van der Waals surface area contributed by atoms with Crippen molar-refractivity contribution < 1.29 is 9.13 Å². The predicted molar refractivity (Wildman–Crippen MR) is 133 cm³/mol. The van der Waals surface area contributed by atoms with Crippen LogP contribution in [-0.4, -0.2) is 32.8 Å². The molecule has 0 aliphatic carbocycles. The van der Waals surface area contributed by atoms with Gasteiger partial charge in [-0.3, -0.25) is 10.1 Å². The molecule has 178 valence electrons. The second-order valence-electron chi connectivity index (χ2n) is 8.43. The molecule has 0 radical (unpaired) electrons. The highest BCUT2D eigenvalue weighted by atomic mass is 35.5. The number of rotatable bonds is 6. The molecule has 0 unspecified atom stereocenters. The summed E-state index contributed by atoms with van der Waals surface area (Å²) in [5.74, 6) is 0.353. The molecule has 1 N–H and O–H groups in total. The van der Waals surface area contributed by atoms with Gasteiger partial charge >= 0.3 is 0 Å². The Morgan fingerprint density at radius 1 is 1.26 bits per heavy atom. The Balaban J connectivity index is 1.44. The molecule has 10 heteroatoms. The van der Waals surface area contributed by atoms with E-state index in [1.165, 1.54) is 18.5 Å². The third-order valence-electron chi connectivity index (χ3n) is 6.24. The summed E-state index contributed by atoms with van der Waals surface area (Å²) in [5, 5.41) is 17.7. The SMILES string of the molecule is C[C@@H](Oc1cc2c(-c3ccc(N4CCC[C@H]4CC#N)nc3)n[nH]c2cc1F)c1c(Cl)cncc1Cl. The van der Waals surface area contributed by atoms with Crippen LogP contribution in [-0.2, 0) is 0 Å². The van der Waals surface area contributed by atoms with Crippen molar-refractivity contribution in [1.29, 1.82) is 5.26 Å². The predicted octanol–water partition coefficient (Wildman–Crippen LogP) is 6.49. The number of nitriles is 1. The number of benzene rings is 1. The molecule has 0 saturated carbocycles. The van der Waals surface area contributed by atoms with Crippen molar-refractivity contribution in [3.63, 3.8) is 0 Å². The van der Waals surface area contributed by atoms with Gasteiger partial charge in [-0.05, 0) is 38.0 Å². The Morgan fingerprint density at radius 3 is 2.77 bits per heavy atom. The van der Waals surface area contributed by atoms with E-state index in [0.717, 1.165) is 30.8 Å². The maximum Gasteiger partial charge on any atom is 0.167 e. The van der Waals surface area contributed by atoms with Gasteiger partial charge in [-0.25, -0.2) is 9.37 Å². The second kappa shape index (κ2) is 9.68. The standard InChI is InChI=1S/C25H21Cl2FN6O/c1-14(24-18(26)12-30-13-19(24)27)35-22-9-17-21(10-20(22)28)32-33-25(17)15-4-5-23(31-11-15)34-8-2-3-16(34)6-7-29/h4-5,9-14,16H,2-3,6,8H2,1H3,(H,32,33)/t14-,16+/m1/s1. The van der Waals surface area contributed by atoms with Gasteiger partial charge in [0.2, 0.25) is 0 Å². The van der Waals surface area contributed by atoms with Crippen LogP contribution < -0.4 is 9.64 Å². The Kier molecular flexibility index (Phi) is 6.46. The normalized spacial score (nSPS) is 16.4. The summed E-state index contributed by atoms with van der Waals surface area (Å²) in [4.78, 5) is 10.7. The summed E-state index contributed by atoms with van der Waals surface area (Å²) in [6, 6.07) is 9.28. The van der Waals surface area contributed by atoms with Gasteiger partial charge in [0.05, 0.1) is 28.1 Å². The van der Waals surface area contributed by atoms with Gasteiger partial charge in [0, 0.05) is 53.8 Å². The van der Waals surface area contributed by atoms with Gasteiger partial charge in [0.15, 0.2) is 11.6 Å². The van der Waals surface area contributed by atoms with Crippen molar-refractivity contribution in [2.24, 2.45) is 0 Å². The zero-order valence-electron chi connectivity index (χ0n) is 18.8. The molecule has 5 rings (SSSR count). The van der Waals surface area contributed by atoms with Crippen LogP contribution in [0.3, 0.4) is 0 Å². The third-order valence-corrected chi connectivity index (χ3v) is 6.84. The molecule has 0 amide bonds. The lowest BCUT2D eigenvalue weighted by atomic mass is 10.1. The van der Waals surface area contributed by atoms with Crippen molar-refractivity contribution in [1.82, 2.24) is 20.2 Å². The van der Waals surface area contributed by atoms with Gasteiger partial charge in [0.1, 0.15) is 17.6 Å². The number of fused-ring (bicyclic) bond motifs is 1. The van der Waals surface area contributed by atoms with Crippen molar-refractivity contribution in [3.8, 4) is 23.1 Å². The van der Waals surface area contributed by atoms with E-state index in [2.05, 4.69) is 31.1 Å². The number of ether oxygens (including phenoxy) is 1. The number of H-pyrrole nitrogens is 1. The Bertz CT molecular complexity index is 1400. The highest BCUT2D eigenvalue weighted by Gasteiger charge is 2.25. The van der Waals surface area contributed by atoms with Crippen LogP contribution in [0.25, 0.3) is 22.2 Å². The van der Waals surface area contributed by atoms with Crippen LogP contribution in [0.15, 0.2) is 42.9 Å². The van der Waals surface area contributed by atoms with Crippen LogP contribution in [0.1, 0.15) is 37.9 Å². The molecule has 1 aliphatic rings. The van der Waals surface area contributed by atoms with Crippen LogP contribution in [0.4, 0.5) is 10.2 Å². The summed E-state index contributed by atoms with van der Waals surface area (Å²) in [5.41, 5.74) is 2.48. The van der Waals surface area contributed by atoms with Crippen molar-refractivity contribution in [2.45, 2.75) is 38.3 Å². The minimum Gasteiger partial charge on any atom is -0.483 e. The summed E-state index contributed by atoms with van der Waals surface area (Å²) in [6.07, 6.45) is 6.59. The number of halogens is 3. The Morgan fingerprint density at radius 2 is 2.06 bits per heavy atom. The van der Waals surface area contributed by atoms with E-state index in [0.29, 0.717) is 38.6 Å². The van der Waals surface area contributed by atoms with Gasteiger partial charge < -0.3 is 9.64 Å². The van der Waals surface area contributed by atoms with Crippen LogP contribution in [0, 0.1) is 17.1 Å². The van der Waals surface area contributed by atoms with Gasteiger partial charge in [0.25, 0.3) is 0 Å². The fourth-order valence-corrected chi connectivity index (χ4v) is 5.21. The monoisotopic (exact) mass is 510 g/mol. The molecule has 1 saturated heterocycles. The number of anilines is 1. The number of pyridine rings is 2. The van der Waals surface area contributed by atoms with E-state index in [1.54, 1.807) is 19.2 Å². The molecular weight excluding hydrogens is 490 g/mol. The molecule has 3 aromatic heterocycles. The zero-order chi connectivity index (χ0) is 24.5. The number of aromatic nitrogens is 4. The van der Waals surface area contributed by atoms with Gasteiger partial charge in [-0.1, -0.05) is 23.2 Å². The minimum absolute atomic E-state index is 0.0533. The number of hydrogen-bond donors (Lipinski definition) is 1. The largest absolute Gasteiger partial charge is 0.483 e. The number of aromatic amines is 1. The molecule has 35 heavy (non-hydrogen) atoms. The first-order valence-corrected chi connectivity index (χ1v) is 11.9. The maximum atomic E-state index is 14.8. The summed E-state index contributed by atoms with van der Waals surface area (Å²) >= 11 is 12.5. The first-order valence-electron chi connectivity index (χ1n) is 11.2. The summed E-state index contributed by atoms with van der Waals surface area (Å²) < 4.78 is 20.8. The molecule has 1 fully saturated rings. The summed E-state index contributed by atoms with van der Waals surface area (Å²) in [6.45, 7) is 2.63. The molecule has 0 bridgehead atoms. The number of hydrogen-bond acceptors (Lipinski definition) is 6. The highest BCUT2D eigenvalue weighted by molar-refractivity contribution is 6.35. The lowest BCUT2D eigenvalue weighted by Gasteiger charge is -2.23. The van der Waals surface area contributed by atoms with E-state index in [-0.39, 0.29) is 11.8 Å². The van der Waals surface area contributed by atoms with Crippen molar-refractivity contribution >= 4 is 39.9 Å². The molecule has 0 spiro atoms. The first-order chi connectivity index (χ1) is 17.0. The van der Waals surface area contributed by atoms with Gasteiger partial charge in [-0.2, -0.15) is 10.4 Å². The molecule has 2 atom stereocenters. The van der Waals surface area contributed by atoms with E-state index in [1.807, 2.05) is 12.1 Å². The molecule has 4 heterocycles. The van der Waals surface area contributed by atoms with Crippen LogP contribution >= 0.6 is 23.2 Å². The maximum absolute atomic E-state index is 14.8. The summed E-state index contributed by atoms with van der Waals surface area (Å²) in [7, 11) is 0. The first kappa shape index (κ1) is 23.3. The average Bonchev–Trinajstić information content (AvgIpc) is 3.46. The zero-order valence-corrected chi connectivity index (χ0v) is 20.3. The fraction of sp³-hybridized carbons (Fsp3) is 0.280.